The molecule has 0 bridgehead atoms. The number of carbonyl (C=O) groups excluding carboxylic acids is 3. The summed E-state index contributed by atoms with van der Waals surface area (Å²) >= 11 is 1.93. The zero-order valence-electron chi connectivity index (χ0n) is 17.2. The Hall–Kier alpha value is -3.41. The number of nitrogens with one attached hydrogen (secondary N) is 1. The predicted molar refractivity (Wildman–Crippen MR) is 124 cm³/mol. The lowest BCUT2D eigenvalue weighted by molar-refractivity contribution is -0.139. The van der Waals surface area contributed by atoms with Crippen molar-refractivity contribution in [1.82, 2.24) is 5.32 Å². The van der Waals surface area contributed by atoms with Gasteiger partial charge in [-0.25, -0.2) is 14.5 Å². The van der Waals surface area contributed by atoms with Gasteiger partial charge in [0.15, 0.2) is 18.1 Å². The second-order valence-corrected chi connectivity index (χ2v) is 7.86. The Morgan fingerprint density at radius 2 is 1.88 bits per heavy atom. The molecule has 1 fully saturated rings. The molecule has 0 aliphatic carbocycles. The van der Waals surface area contributed by atoms with Gasteiger partial charge in [0.25, 0.3) is 11.8 Å². The van der Waals surface area contributed by atoms with E-state index in [0.29, 0.717) is 14.8 Å². The first-order valence-electron chi connectivity index (χ1n) is 9.47. The maximum Gasteiger partial charge on any atom is 0.341 e. The molecule has 2 aromatic rings. The number of ether oxygens (including phenoxy) is 2. The minimum Gasteiger partial charge on any atom is -0.493 e. The van der Waals surface area contributed by atoms with Gasteiger partial charge in [-0.1, -0.05) is 19.1 Å². The highest BCUT2D eigenvalue weighted by atomic mass is 127. The minimum atomic E-state index is -1.14. The van der Waals surface area contributed by atoms with E-state index < -0.39 is 30.4 Å². The molecule has 1 aliphatic heterocycles. The average Bonchev–Trinajstić information content (AvgIpc) is 2.75. The van der Waals surface area contributed by atoms with Crippen molar-refractivity contribution in [1.29, 1.82) is 0 Å². The van der Waals surface area contributed by atoms with Crippen LogP contribution in [0.2, 0.25) is 0 Å². The molecule has 0 saturated carbocycles. The van der Waals surface area contributed by atoms with Crippen molar-refractivity contribution < 1.29 is 33.8 Å². The number of carbonyl (C=O) groups is 4. The summed E-state index contributed by atoms with van der Waals surface area (Å²) in [5.74, 6) is -2.26. The van der Waals surface area contributed by atoms with Crippen LogP contribution in [-0.2, 0) is 20.8 Å². The Labute approximate surface area is 197 Å². The number of methoxy groups -OCH3 is 1. The smallest absolute Gasteiger partial charge is 0.341 e. The topological polar surface area (TPSA) is 122 Å². The van der Waals surface area contributed by atoms with Gasteiger partial charge in [-0.15, -0.1) is 0 Å². The molecule has 166 valence electrons. The lowest BCUT2D eigenvalue weighted by Gasteiger charge is -2.26. The standard InChI is InChI=1S/C22H19IN2O7/c1-3-12-4-6-14(7-5-12)25-21(29)15(20(28)24-22(25)30)8-13-9-16(23)19(17(10-13)31-2)32-11-18(26)27/h4-10H,3,11H2,1-2H3,(H,26,27)(H,24,28,30)/b15-8-. The van der Waals surface area contributed by atoms with Crippen molar-refractivity contribution >= 4 is 58.2 Å². The molecule has 0 radical (unpaired) electrons. The van der Waals surface area contributed by atoms with Gasteiger partial charge in [0.1, 0.15) is 5.57 Å². The van der Waals surface area contributed by atoms with Gasteiger partial charge in [-0.3, -0.25) is 14.9 Å². The number of hydrogen-bond acceptors (Lipinski definition) is 6. The summed E-state index contributed by atoms with van der Waals surface area (Å²) < 4.78 is 11.0. The molecule has 32 heavy (non-hydrogen) atoms. The fraction of sp³-hybridized carbons (Fsp3) is 0.182. The lowest BCUT2D eigenvalue weighted by Crippen LogP contribution is -2.54. The quantitative estimate of drug-likeness (QED) is 0.309. The van der Waals surface area contributed by atoms with Crippen molar-refractivity contribution in [3.05, 3.63) is 56.7 Å². The number of urea groups is 1. The molecule has 3 rings (SSSR count). The normalized spacial score (nSPS) is 15.0. The van der Waals surface area contributed by atoms with Crippen molar-refractivity contribution in [3.63, 3.8) is 0 Å². The molecule has 9 nitrogen and oxygen atoms in total. The van der Waals surface area contributed by atoms with E-state index in [4.69, 9.17) is 14.6 Å². The SMILES string of the molecule is CCc1ccc(N2C(=O)NC(=O)/C(=C/c3cc(I)c(OCC(=O)O)c(OC)c3)C2=O)cc1. The van der Waals surface area contributed by atoms with Crippen LogP contribution in [0.3, 0.4) is 0 Å². The summed E-state index contributed by atoms with van der Waals surface area (Å²) in [6, 6.07) is 9.17. The zero-order chi connectivity index (χ0) is 23.4. The van der Waals surface area contributed by atoms with Gasteiger partial charge in [0, 0.05) is 0 Å². The van der Waals surface area contributed by atoms with Crippen LogP contribution in [0, 0.1) is 3.57 Å². The van der Waals surface area contributed by atoms with Gasteiger partial charge >= 0.3 is 12.0 Å². The third-order valence-corrected chi connectivity index (χ3v) is 5.41. The van der Waals surface area contributed by atoms with E-state index in [-0.39, 0.29) is 17.1 Å². The molecular weight excluding hydrogens is 531 g/mol. The number of anilines is 1. The number of aryl methyl sites for hydroxylation is 1. The fourth-order valence-corrected chi connectivity index (χ4v) is 3.82. The molecule has 2 N–H and O–H groups in total. The number of imide groups is 2. The Morgan fingerprint density at radius 3 is 2.47 bits per heavy atom. The fourth-order valence-electron chi connectivity index (χ4n) is 3.04. The van der Waals surface area contributed by atoms with E-state index in [0.717, 1.165) is 16.9 Å². The first-order chi connectivity index (χ1) is 15.2. The number of barbiturate groups is 1. The number of carboxylic acid groups (broad SMARTS) is 1. The molecule has 4 amide bonds. The van der Waals surface area contributed by atoms with Crippen molar-refractivity contribution in [2.45, 2.75) is 13.3 Å². The van der Waals surface area contributed by atoms with Gasteiger partial charge < -0.3 is 14.6 Å². The number of benzene rings is 2. The largest absolute Gasteiger partial charge is 0.493 e. The van der Waals surface area contributed by atoms with Crippen molar-refractivity contribution in [3.8, 4) is 11.5 Å². The zero-order valence-corrected chi connectivity index (χ0v) is 19.3. The molecule has 0 unspecified atom stereocenters. The van der Waals surface area contributed by atoms with Crippen molar-refractivity contribution in [2.24, 2.45) is 0 Å². The highest BCUT2D eigenvalue weighted by molar-refractivity contribution is 14.1. The molecule has 2 aromatic carbocycles. The van der Waals surface area contributed by atoms with Gasteiger partial charge in [0.05, 0.1) is 16.4 Å². The Kier molecular flexibility index (Phi) is 7.13. The lowest BCUT2D eigenvalue weighted by atomic mass is 10.1. The maximum atomic E-state index is 13.0. The number of nitrogens with zero attached hydrogens (tertiary/aromatic N) is 1. The number of hydrogen-bond donors (Lipinski definition) is 2. The molecule has 0 aromatic heterocycles. The Morgan fingerprint density at radius 1 is 1.19 bits per heavy atom. The van der Waals surface area contributed by atoms with E-state index in [1.165, 1.54) is 19.3 Å². The van der Waals surface area contributed by atoms with Crippen LogP contribution in [0.4, 0.5) is 10.5 Å². The molecule has 1 heterocycles. The van der Waals surface area contributed by atoms with E-state index in [1.54, 1.807) is 30.3 Å². The highest BCUT2D eigenvalue weighted by Gasteiger charge is 2.36. The van der Waals surface area contributed by atoms with Crippen molar-refractivity contribution in [2.75, 3.05) is 18.6 Å². The predicted octanol–water partition coefficient (Wildman–Crippen LogP) is 2.99. The van der Waals surface area contributed by atoms with Crippen LogP contribution >= 0.6 is 22.6 Å². The summed E-state index contributed by atoms with van der Waals surface area (Å²) in [6.45, 7) is 1.43. The van der Waals surface area contributed by atoms with Crippen LogP contribution in [0.15, 0.2) is 42.0 Å². The summed E-state index contributed by atoms with van der Waals surface area (Å²) in [5.41, 5.74) is 1.58. The van der Waals surface area contributed by atoms with E-state index in [9.17, 15) is 19.2 Å². The first kappa shape index (κ1) is 23.3. The van der Waals surface area contributed by atoms with Crippen LogP contribution in [0.25, 0.3) is 6.08 Å². The van der Waals surface area contributed by atoms with Gasteiger partial charge in [0.2, 0.25) is 0 Å². The number of rotatable bonds is 7. The van der Waals surface area contributed by atoms with Crippen LogP contribution < -0.4 is 19.7 Å². The number of amides is 4. The number of halogens is 1. The van der Waals surface area contributed by atoms with E-state index >= 15 is 0 Å². The molecule has 1 aliphatic rings. The summed E-state index contributed by atoms with van der Waals surface area (Å²) in [5, 5.41) is 11.0. The Bertz CT molecular complexity index is 1130. The first-order valence-corrected chi connectivity index (χ1v) is 10.6. The molecule has 0 atom stereocenters. The second-order valence-electron chi connectivity index (χ2n) is 6.69. The number of aliphatic carboxylic acids is 1. The minimum absolute atomic E-state index is 0.227. The third-order valence-electron chi connectivity index (χ3n) is 4.61. The molecule has 1 saturated heterocycles. The van der Waals surface area contributed by atoms with Crippen LogP contribution in [-0.4, -0.2) is 42.6 Å². The number of carboxylic acids is 1. The second kappa shape index (κ2) is 9.81. The maximum absolute atomic E-state index is 13.0. The van der Waals surface area contributed by atoms with E-state index in [2.05, 4.69) is 5.32 Å². The summed E-state index contributed by atoms with van der Waals surface area (Å²) in [6.07, 6.45) is 2.14. The summed E-state index contributed by atoms with van der Waals surface area (Å²) in [7, 11) is 1.38. The highest BCUT2D eigenvalue weighted by Crippen LogP contribution is 2.35. The van der Waals surface area contributed by atoms with Crippen LogP contribution in [0.5, 0.6) is 11.5 Å². The molecular formula is C22H19IN2O7. The molecule has 0 spiro atoms. The van der Waals surface area contributed by atoms with E-state index in [1.807, 2.05) is 29.5 Å². The summed E-state index contributed by atoms with van der Waals surface area (Å²) in [4.78, 5) is 49.5. The third kappa shape index (κ3) is 4.90. The average molecular weight is 550 g/mol. The molecule has 10 heteroatoms. The van der Waals surface area contributed by atoms with Gasteiger partial charge in [-0.05, 0) is 70.5 Å². The van der Waals surface area contributed by atoms with Crippen LogP contribution in [0.1, 0.15) is 18.1 Å². The van der Waals surface area contributed by atoms with Gasteiger partial charge in [-0.2, -0.15) is 0 Å². The Balaban J connectivity index is 1.98. The monoisotopic (exact) mass is 550 g/mol.